The maximum atomic E-state index is 11.1. The normalized spacial score (nSPS) is 17.7. The summed E-state index contributed by atoms with van der Waals surface area (Å²) in [5, 5.41) is 0.370. The fourth-order valence-electron chi connectivity index (χ4n) is 2.61. The predicted octanol–water partition coefficient (Wildman–Crippen LogP) is 2.55. The molecule has 4 nitrogen and oxygen atoms in total. The third-order valence-electron chi connectivity index (χ3n) is 3.95. The lowest BCUT2D eigenvalue weighted by molar-refractivity contribution is 0.112. The summed E-state index contributed by atoms with van der Waals surface area (Å²) in [6, 6.07) is 1.77. The molecule has 104 valence electrons. The average molecular weight is 284 g/mol. The van der Waals surface area contributed by atoms with E-state index in [-0.39, 0.29) is 11.5 Å². The van der Waals surface area contributed by atoms with Gasteiger partial charge in [-0.3, -0.25) is 4.79 Å². The third-order valence-corrected chi connectivity index (χ3v) is 4.26. The molecular weight excluding hydrogens is 266 g/mol. The number of nitrogens with two attached hydrogens (primary N) is 1. The van der Waals surface area contributed by atoms with Crippen LogP contribution in [0.3, 0.4) is 0 Å². The molecule has 5 heteroatoms. The van der Waals surface area contributed by atoms with Gasteiger partial charge >= 0.3 is 0 Å². The van der Waals surface area contributed by atoms with E-state index in [4.69, 9.17) is 26.8 Å². The number of halogens is 1. The van der Waals surface area contributed by atoms with Gasteiger partial charge in [-0.1, -0.05) is 11.6 Å². The molecule has 0 radical (unpaired) electrons. The van der Waals surface area contributed by atoms with Gasteiger partial charge in [0.15, 0.2) is 17.8 Å². The van der Waals surface area contributed by atoms with Crippen LogP contribution in [0.25, 0.3) is 0 Å². The van der Waals surface area contributed by atoms with Crippen LogP contribution in [0.2, 0.25) is 5.02 Å². The first kappa shape index (κ1) is 14.2. The van der Waals surface area contributed by atoms with Crippen molar-refractivity contribution in [2.45, 2.75) is 31.2 Å². The Kier molecular flexibility index (Phi) is 3.74. The molecule has 0 heterocycles. The molecule has 1 atom stereocenters. The molecule has 0 amide bonds. The molecule has 0 saturated heterocycles. The molecule has 0 spiro atoms. The van der Waals surface area contributed by atoms with Crippen molar-refractivity contribution >= 4 is 17.9 Å². The Morgan fingerprint density at radius 2 is 1.95 bits per heavy atom. The summed E-state index contributed by atoms with van der Waals surface area (Å²) < 4.78 is 10.7. The lowest BCUT2D eigenvalue weighted by atomic mass is 9.87. The summed E-state index contributed by atoms with van der Waals surface area (Å²) in [4.78, 5) is 11.1. The van der Waals surface area contributed by atoms with E-state index < -0.39 is 0 Å². The molecule has 0 bridgehead atoms. The van der Waals surface area contributed by atoms with Crippen molar-refractivity contribution in [2.75, 3.05) is 14.2 Å². The minimum atomic E-state index is -0.121. The lowest BCUT2D eigenvalue weighted by Gasteiger charge is -2.25. The molecule has 2 rings (SSSR count). The fraction of sp³-hybridized carbons (Fsp3) is 0.500. The summed E-state index contributed by atoms with van der Waals surface area (Å²) in [6.07, 6.45) is 2.65. The van der Waals surface area contributed by atoms with Gasteiger partial charge in [-0.2, -0.15) is 0 Å². The van der Waals surface area contributed by atoms with Crippen LogP contribution in [-0.4, -0.2) is 26.5 Å². The molecule has 0 aromatic heterocycles. The number of aldehydes is 1. The van der Waals surface area contributed by atoms with Crippen molar-refractivity contribution < 1.29 is 14.3 Å². The predicted molar refractivity (Wildman–Crippen MR) is 74.5 cm³/mol. The zero-order chi connectivity index (χ0) is 14.2. The van der Waals surface area contributed by atoms with Gasteiger partial charge in [0.1, 0.15) is 0 Å². The fourth-order valence-corrected chi connectivity index (χ4v) is 2.85. The van der Waals surface area contributed by atoms with E-state index in [1.54, 1.807) is 13.2 Å². The Morgan fingerprint density at radius 1 is 1.37 bits per heavy atom. The maximum Gasteiger partial charge on any atom is 0.173 e. The number of rotatable bonds is 5. The molecule has 1 aromatic rings. The number of carbonyl (C=O) groups excluding carboxylic acids is 1. The van der Waals surface area contributed by atoms with Gasteiger partial charge in [-0.05, 0) is 25.8 Å². The van der Waals surface area contributed by atoms with E-state index in [1.807, 2.05) is 6.92 Å². The van der Waals surface area contributed by atoms with Gasteiger partial charge in [0.25, 0.3) is 0 Å². The van der Waals surface area contributed by atoms with E-state index in [0.29, 0.717) is 28.4 Å². The van der Waals surface area contributed by atoms with Crippen molar-refractivity contribution in [2.24, 2.45) is 5.73 Å². The number of benzene rings is 1. The molecule has 1 unspecified atom stereocenters. The summed E-state index contributed by atoms with van der Waals surface area (Å²) in [7, 11) is 3.05. The Balaban J connectivity index is 2.69. The second-order valence-corrected chi connectivity index (χ2v) is 5.36. The van der Waals surface area contributed by atoms with Crippen LogP contribution >= 0.6 is 11.6 Å². The van der Waals surface area contributed by atoms with E-state index >= 15 is 0 Å². The van der Waals surface area contributed by atoms with Gasteiger partial charge in [0.05, 0.1) is 24.8 Å². The largest absolute Gasteiger partial charge is 0.493 e. The standard InChI is InChI=1S/C14H18ClNO3/c1-8(16)14(4-5-14)10-6-11(15)9(7-17)12(18-2)13(10)19-3/h6-8H,4-5,16H2,1-3H3. The monoisotopic (exact) mass is 283 g/mol. The molecule has 19 heavy (non-hydrogen) atoms. The second kappa shape index (κ2) is 5.02. The van der Waals surface area contributed by atoms with Crippen molar-refractivity contribution in [1.82, 2.24) is 0 Å². The van der Waals surface area contributed by atoms with Gasteiger partial charge in [0, 0.05) is 17.0 Å². The summed E-state index contributed by atoms with van der Waals surface area (Å²) in [6.45, 7) is 1.97. The van der Waals surface area contributed by atoms with Gasteiger partial charge < -0.3 is 15.2 Å². The van der Waals surface area contributed by atoms with E-state index in [0.717, 1.165) is 18.4 Å². The van der Waals surface area contributed by atoms with Crippen LogP contribution in [0.5, 0.6) is 11.5 Å². The van der Waals surface area contributed by atoms with Gasteiger partial charge in [0.2, 0.25) is 0 Å². The first-order valence-corrected chi connectivity index (χ1v) is 6.55. The Morgan fingerprint density at radius 3 is 2.32 bits per heavy atom. The zero-order valence-electron chi connectivity index (χ0n) is 11.3. The van der Waals surface area contributed by atoms with Crippen molar-refractivity contribution in [3.8, 4) is 11.5 Å². The Hall–Kier alpha value is -1.26. The van der Waals surface area contributed by atoms with Crippen LogP contribution in [-0.2, 0) is 5.41 Å². The summed E-state index contributed by atoms with van der Waals surface area (Å²) >= 11 is 6.17. The average Bonchev–Trinajstić information content (AvgIpc) is 3.18. The molecule has 1 fully saturated rings. The summed E-state index contributed by atoms with van der Waals surface area (Å²) in [5.74, 6) is 0.940. The topological polar surface area (TPSA) is 61.5 Å². The van der Waals surface area contributed by atoms with Gasteiger partial charge in [-0.15, -0.1) is 0 Å². The number of carbonyl (C=O) groups is 1. The quantitative estimate of drug-likeness (QED) is 0.844. The molecule has 1 saturated carbocycles. The van der Waals surface area contributed by atoms with Crippen LogP contribution in [0.4, 0.5) is 0 Å². The van der Waals surface area contributed by atoms with E-state index in [2.05, 4.69) is 0 Å². The number of hydrogen-bond acceptors (Lipinski definition) is 4. The van der Waals surface area contributed by atoms with Crippen LogP contribution in [0.15, 0.2) is 6.07 Å². The minimum absolute atomic E-state index is 0.00995. The summed E-state index contributed by atoms with van der Waals surface area (Å²) in [5.41, 5.74) is 7.21. The SMILES string of the molecule is COc1c(C2(C(C)N)CC2)cc(Cl)c(C=O)c1OC. The van der Waals surface area contributed by atoms with Crippen LogP contribution < -0.4 is 15.2 Å². The lowest BCUT2D eigenvalue weighted by Crippen LogP contribution is -2.32. The first-order chi connectivity index (χ1) is 9.01. The van der Waals surface area contributed by atoms with E-state index in [1.165, 1.54) is 7.11 Å². The smallest absolute Gasteiger partial charge is 0.173 e. The Bertz CT molecular complexity index is 510. The zero-order valence-corrected chi connectivity index (χ0v) is 12.1. The minimum Gasteiger partial charge on any atom is -0.493 e. The highest BCUT2D eigenvalue weighted by Crippen LogP contribution is 2.56. The molecular formula is C14H18ClNO3. The number of methoxy groups -OCH3 is 2. The second-order valence-electron chi connectivity index (χ2n) is 4.95. The Labute approximate surface area is 117 Å². The third kappa shape index (κ3) is 2.09. The molecule has 1 aliphatic rings. The van der Waals surface area contributed by atoms with Crippen LogP contribution in [0.1, 0.15) is 35.7 Å². The van der Waals surface area contributed by atoms with Crippen molar-refractivity contribution in [1.29, 1.82) is 0 Å². The first-order valence-electron chi connectivity index (χ1n) is 6.17. The maximum absolute atomic E-state index is 11.1. The molecule has 2 N–H and O–H groups in total. The highest BCUT2D eigenvalue weighted by molar-refractivity contribution is 6.33. The molecule has 1 aromatic carbocycles. The van der Waals surface area contributed by atoms with Crippen molar-refractivity contribution in [3.05, 3.63) is 22.2 Å². The molecule has 0 aliphatic heterocycles. The van der Waals surface area contributed by atoms with E-state index in [9.17, 15) is 4.79 Å². The van der Waals surface area contributed by atoms with Crippen LogP contribution in [0, 0.1) is 0 Å². The van der Waals surface area contributed by atoms with Gasteiger partial charge in [-0.25, -0.2) is 0 Å². The number of ether oxygens (including phenoxy) is 2. The number of hydrogen-bond donors (Lipinski definition) is 1. The highest BCUT2D eigenvalue weighted by Gasteiger charge is 2.50. The highest BCUT2D eigenvalue weighted by atomic mass is 35.5. The molecule has 1 aliphatic carbocycles. The van der Waals surface area contributed by atoms with Crippen molar-refractivity contribution in [3.63, 3.8) is 0 Å².